The maximum Gasteiger partial charge on any atom is 0.358 e. The number of thiazole rings is 2. The summed E-state index contributed by atoms with van der Waals surface area (Å²) in [6, 6.07) is 11.2. The minimum atomic E-state index is -1.19. The third-order valence-corrected chi connectivity index (χ3v) is 10.4. The molecule has 3 heterocycles. The lowest BCUT2D eigenvalue weighted by molar-refractivity contribution is -0.110. The maximum absolute atomic E-state index is 12.6. The summed E-state index contributed by atoms with van der Waals surface area (Å²) in [5.74, 6) is 0.326. The first-order chi connectivity index (χ1) is 20.0. The van der Waals surface area contributed by atoms with Crippen LogP contribution in [0.5, 0.6) is 0 Å². The predicted octanol–water partition coefficient (Wildman–Crippen LogP) is 6.12. The number of nitrogens with zero attached hydrogens (tertiary/aromatic N) is 6. The van der Waals surface area contributed by atoms with Crippen LogP contribution in [0.4, 0.5) is 16.8 Å². The van der Waals surface area contributed by atoms with E-state index in [0.29, 0.717) is 34.8 Å². The Labute approximate surface area is 255 Å². The highest BCUT2D eigenvalue weighted by Crippen LogP contribution is 2.32. The van der Waals surface area contributed by atoms with E-state index in [1.165, 1.54) is 11.3 Å². The smallest absolute Gasteiger partial charge is 0.358 e. The van der Waals surface area contributed by atoms with Crippen LogP contribution in [-0.2, 0) is 27.4 Å². The number of aryl methyl sites for hydroxylation is 1. The number of hydrogen-bond donors (Lipinski definition) is 0. The van der Waals surface area contributed by atoms with E-state index in [4.69, 9.17) is 14.5 Å². The van der Waals surface area contributed by atoms with Crippen LogP contribution in [0.2, 0.25) is 25.7 Å². The van der Waals surface area contributed by atoms with Crippen molar-refractivity contribution in [2.75, 3.05) is 25.2 Å². The van der Waals surface area contributed by atoms with Gasteiger partial charge < -0.3 is 19.2 Å². The SMILES string of the molecule is CCOC(=O)c1nc(N(C)c2cc(C)c(N=c3sc4ccccc4n3COCC[Si](C)(C)C)nn2)sc1CC(C)C=O. The largest absolute Gasteiger partial charge is 0.461 e. The lowest BCUT2D eigenvalue weighted by atomic mass is 10.1. The molecule has 224 valence electrons. The van der Waals surface area contributed by atoms with Crippen LogP contribution in [0.3, 0.4) is 0 Å². The first-order valence-electron chi connectivity index (χ1n) is 13.9. The fourth-order valence-corrected chi connectivity index (χ4v) is 6.95. The summed E-state index contributed by atoms with van der Waals surface area (Å²) in [7, 11) is 0.625. The van der Waals surface area contributed by atoms with Crippen molar-refractivity contribution in [3.63, 3.8) is 0 Å². The summed E-state index contributed by atoms with van der Waals surface area (Å²) in [5.41, 5.74) is 2.14. The van der Waals surface area contributed by atoms with E-state index in [1.807, 2.05) is 39.1 Å². The first kappa shape index (κ1) is 31.7. The van der Waals surface area contributed by atoms with Gasteiger partial charge in [-0.2, -0.15) is 4.99 Å². The molecule has 0 aliphatic rings. The van der Waals surface area contributed by atoms with E-state index >= 15 is 0 Å². The van der Waals surface area contributed by atoms with Gasteiger partial charge in [0.2, 0.25) is 0 Å². The summed E-state index contributed by atoms with van der Waals surface area (Å²) in [6.07, 6.45) is 1.28. The number of para-hydroxylation sites is 1. The van der Waals surface area contributed by atoms with Gasteiger partial charge in [0.1, 0.15) is 13.0 Å². The van der Waals surface area contributed by atoms with Crippen molar-refractivity contribution in [3.8, 4) is 0 Å². The highest BCUT2D eigenvalue weighted by molar-refractivity contribution is 7.16. The molecule has 1 aromatic carbocycles. The van der Waals surface area contributed by atoms with E-state index < -0.39 is 14.0 Å². The Hall–Kier alpha value is -3.26. The van der Waals surface area contributed by atoms with Gasteiger partial charge in [-0.1, -0.05) is 50.0 Å². The Morgan fingerprint density at radius 1 is 1.21 bits per heavy atom. The standard InChI is InChI=1S/C29H38N6O4S2Si/c1-8-39-27(37)25-23(15-19(2)17-36)41-28(30-25)34(4)24-16-20(3)26(33-32-24)31-29-35(18-38-13-14-42(5,6)7)21-11-9-10-12-22(21)40-29/h9-12,16-17,19H,8,13-15,18H2,1-7H3. The fraction of sp³-hybridized carbons (Fsp3) is 0.448. The Balaban J connectivity index is 1.63. The number of benzene rings is 1. The van der Waals surface area contributed by atoms with Crippen molar-refractivity contribution in [2.24, 2.45) is 10.9 Å². The normalized spacial score (nSPS) is 13.0. The van der Waals surface area contributed by atoms with Crippen LogP contribution in [0, 0.1) is 12.8 Å². The number of carbonyl (C=O) groups is 2. The van der Waals surface area contributed by atoms with Crippen molar-refractivity contribution in [2.45, 2.75) is 59.6 Å². The second kappa shape index (κ2) is 13.8. The van der Waals surface area contributed by atoms with E-state index in [-0.39, 0.29) is 18.2 Å². The first-order valence-corrected chi connectivity index (χ1v) is 19.3. The molecule has 0 aliphatic heterocycles. The molecule has 0 fully saturated rings. The van der Waals surface area contributed by atoms with Gasteiger partial charge in [0, 0.05) is 32.5 Å². The van der Waals surface area contributed by atoms with E-state index in [9.17, 15) is 9.59 Å². The zero-order valence-corrected chi connectivity index (χ0v) is 27.8. The molecule has 0 amide bonds. The second-order valence-corrected chi connectivity index (χ2v) is 19.0. The Morgan fingerprint density at radius 3 is 2.67 bits per heavy atom. The molecular weight excluding hydrogens is 589 g/mol. The molecule has 0 bridgehead atoms. The summed E-state index contributed by atoms with van der Waals surface area (Å²) in [5, 5.41) is 9.45. The number of ether oxygens (including phenoxy) is 2. The van der Waals surface area contributed by atoms with Gasteiger partial charge in [0.15, 0.2) is 27.3 Å². The molecule has 0 saturated heterocycles. The molecule has 1 atom stereocenters. The molecule has 0 radical (unpaired) electrons. The Bertz CT molecular complexity index is 1620. The molecule has 13 heteroatoms. The number of anilines is 2. The minimum Gasteiger partial charge on any atom is -0.461 e. The van der Waals surface area contributed by atoms with Crippen molar-refractivity contribution < 1.29 is 19.1 Å². The quantitative estimate of drug-likeness (QED) is 0.0755. The van der Waals surface area contributed by atoms with E-state index in [0.717, 1.165) is 39.5 Å². The maximum atomic E-state index is 12.6. The van der Waals surface area contributed by atoms with Gasteiger partial charge in [0.05, 0.1) is 16.8 Å². The zero-order chi connectivity index (χ0) is 30.4. The summed E-state index contributed by atoms with van der Waals surface area (Å²) in [4.78, 5) is 36.5. The number of aldehydes is 1. The monoisotopic (exact) mass is 626 g/mol. The number of hydrogen-bond acceptors (Lipinski definition) is 11. The van der Waals surface area contributed by atoms with Crippen molar-refractivity contribution >= 4 is 70.0 Å². The van der Waals surface area contributed by atoms with Crippen molar-refractivity contribution in [1.29, 1.82) is 0 Å². The van der Waals surface area contributed by atoms with Crippen LogP contribution < -0.4 is 9.70 Å². The van der Waals surface area contributed by atoms with Crippen LogP contribution in [0.1, 0.15) is 34.8 Å². The average molecular weight is 627 g/mol. The third kappa shape index (κ3) is 7.76. The summed E-state index contributed by atoms with van der Waals surface area (Å²) in [6.45, 7) is 13.9. The highest BCUT2D eigenvalue weighted by atomic mass is 32.1. The average Bonchev–Trinajstić information content (AvgIpc) is 3.52. The Morgan fingerprint density at radius 2 is 1.98 bits per heavy atom. The molecule has 0 aliphatic carbocycles. The molecule has 0 saturated carbocycles. The molecule has 0 spiro atoms. The molecule has 4 rings (SSSR count). The molecular formula is C29H38N6O4S2Si. The zero-order valence-electron chi connectivity index (χ0n) is 25.2. The van der Waals surface area contributed by atoms with Gasteiger partial charge in [-0.15, -0.1) is 21.5 Å². The van der Waals surface area contributed by atoms with E-state index in [1.54, 1.807) is 23.2 Å². The molecule has 4 aromatic rings. The topological polar surface area (TPSA) is 112 Å². The summed E-state index contributed by atoms with van der Waals surface area (Å²) >= 11 is 2.92. The lowest BCUT2D eigenvalue weighted by Gasteiger charge is -2.16. The number of aromatic nitrogens is 4. The predicted molar refractivity (Wildman–Crippen MR) is 171 cm³/mol. The van der Waals surface area contributed by atoms with Gasteiger partial charge in [-0.05, 0) is 50.1 Å². The highest BCUT2D eigenvalue weighted by Gasteiger charge is 2.23. The van der Waals surface area contributed by atoms with Crippen LogP contribution in [0.15, 0.2) is 35.3 Å². The van der Waals surface area contributed by atoms with Crippen molar-refractivity contribution in [1.82, 2.24) is 19.7 Å². The fourth-order valence-electron chi connectivity index (χ4n) is 4.01. The van der Waals surface area contributed by atoms with Crippen LogP contribution >= 0.6 is 22.7 Å². The van der Waals surface area contributed by atoms with E-state index in [2.05, 4.69) is 51.5 Å². The number of fused-ring (bicyclic) bond motifs is 1. The van der Waals surface area contributed by atoms with Crippen molar-refractivity contribution in [3.05, 3.63) is 51.3 Å². The van der Waals surface area contributed by atoms with Gasteiger partial charge in [-0.25, -0.2) is 9.78 Å². The molecule has 42 heavy (non-hydrogen) atoms. The molecule has 10 nitrogen and oxygen atoms in total. The molecule has 0 N–H and O–H groups in total. The minimum absolute atomic E-state index is 0.232. The number of rotatable bonds is 13. The van der Waals surface area contributed by atoms with Gasteiger partial charge in [-0.3, -0.25) is 4.57 Å². The Kier molecular flexibility index (Phi) is 10.4. The van der Waals surface area contributed by atoms with Gasteiger partial charge >= 0.3 is 5.97 Å². The van der Waals surface area contributed by atoms with Crippen LogP contribution in [0.25, 0.3) is 10.2 Å². The molecule has 1 unspecified atom stereocenters. The number of esters is 1. The summed E-state index contributed by atoms with van der Waals surface area (Å²) < 4.78 is 14.5. The third-order valence-electron chi connectivity index (χ3n) is 6.48. The molecule has 3 aromatic heterocycles. The second-order valence-electron chi connectivity index (χ2n) is 11.3. The van der Waals surface area contributed by atoms with Gasteiger partial charge in [0.25, 0.3) is 0 Å². The van der Waals surface area contributed by atoms with Crippen LogP contribution in [-0.4, -0.2) is 60.3 Å². The number of carbonyl (C=O) groups excluding carboxylic acids is 2. The lowest BCUT2D eigenvalue weighted by Crippen LogP contribution is -2.23.